The molecule has 16 heavy (non-hydrogen) atoms. The molecule has 82 valence electrons. The lowest BCUT2D eigenvalue weighted by Gasteiger charge is -2.27. The minimum atomic E-state index is 0.363. The van der Waals surface area contributed by atoms with Gasteiger partial charge in [-0.2, -0.15) is 0 Å². The van der Waals surface area contributed by atoms with Crippen molar-refractivity contribution < 1.29 is 4.74 Å². The molecule has 1 fully saturated rings. The first-order valence-electron chi connectivity index (χ1n) is 5.63. The number of hydrogen-bond acceptors (Lipinski definition) is 3. The van der Waals surface area contributed by atoms with Crippen LogP contribution >= 0.6 is 0 Å². The number of aromatic nitrogens is 1. The van der Waals surface area contributed by atoms with Crippen LogP contribution in [0.2, 0.25) is 0 Å². The zero-order valence-corrected chi connectivity index (χ0v) is 9.02. The Morgan fingerprint density at radius 2 is 2.12 bits per heavy atom. The molecule has 1 aliphatic rings. The fourth-order valence-corrected chi connectivity index (χ4v) is 1.94. The zero-order chi connectivity index (χ0) is 11.0. The van der Waals surface area contributed by atoms with E-state index in [9.17, 15) is 0 Å². The molecule has 1 saturated carbocycles. The van der Waals surface area contributed by atoms with Crippen molar-refractivity contribution in [3.05, 3.63) is 30.6 Å². The number of benzene rings is 1. The van der Waals surface area contributed by atoms with Gasteiger partial charge in [-0.05, 0) is 37.5 Å². The molecule has 2 N–H and O–H groups in total. The van der Waals surface area contributed by atoms with Crippen LogP contribution in [0.1, 0.15) is 19.3 Å². The quantitative estimate of drug-likeness (QED) is 0.782. The maximum Gasteiger partial charge on any atom is 0.143 e. The van der Waals surface area contributed by atoms with Gasteiger partial charge in [0.1, 0.15) is 5.75 Å². The molecule has 2 aromatic rings. The van der Waals surface area contributed by atoms with Crippen molar-refractivity contribution in [2.24, 2.45) is 0 Å². The molecule has 3 rings (SSSR count). The number of hydrogen-bond donors (Lipinski definition) is 1. The van der Waals surface area contributed by atoms with Gasteiger partial charge >= 0.3 is 0 Å². The number of ether oxygens (including phenoxy) is 1. The highest BCUT2D eigenvalue weighted by Gasteiger charge is 2.20. The summed E-state index contributed by atoms with van der Waals surface area (Å²) in [6.07, 6.45) is 7.50. The predicted octanol–water partition coefficient (Wildman–Crippen LogP) is 2.75. The fourth-order valence-electron chi connectivity index (χ4n) is 1.94. The maximum absolute atomic E-state index is 6.09. The van der Waals surface area contributed by atoms with E-state index in [2.05, 4.69) is 4.98 Å². The minimum absolute atomic E-state index is 0.363. The molecular formula is C13H14N2O. The van der Waals surface area contributed by atoms with Gasteiger partial charge in [-0.15, -0.1) is 0 Å². The SMILES string of the molecule is Nc1c(OC2CCC2)ccc2cnccc12. The number of anilines is 1. The number of nitrogen functional groups attached to an aromatic ring is 1. The van der Waals surface area contributed by atoms with E-state index in [4.69, 9.17) is 10.5 Å². The summed E-state index contributed by atoms with van der Waals surface area (Å²) in [5.74, 6) is 0.809. The highest BCUT2D eigenvalue weighted by molar-refractivity contribution is 5.95. The molecule has 0 atom stereocenters. The van der Waals surface area contributed by atoms with Crippen LogP contribution in [-0.2, 0) is 0 Å². The van der Waals surface area contributed by atoms with Crippen molar-refractivity contribution >= 4 is 16.5 Å². The van der Waals surface area contributed by atoms with Gasteiger partial charge in [0.15, 0.2) is 0 Å². The molecule has 0 aliphatic heterocycles. The lowest BCUT2D eigenvalue weighted by molar-refractivity contribution is 0.121. The first kappa shape index (κ1) is 9.46. The van der Waals surface area contributed by atoms with Gasteiger partial charge in [-0.1, -0.05) is 0 Å². The minimum Gasteiger partial charge on any atom is -0.488 e. The molecule has 0 bridgehead atoms. The van der Waals surface area contributed by atoms with E-state index in [1.165, 1.54) is 6.42 Å². The van der Waals surface area contributed by atoms with Gasteiger partial charge < -0.3 is 10.5 Å². The van der Waals surface area contributed by atoms with E-state index < -0.39 is 0 Å². The van der Waals surface area contributed by atoms with Gasteiger partial charge in [-0.3, -0.25) is 4.98 Å². The predicted molar refractivity (Wildman–Crippen MR) is 64.4 cm³/mol. The number of pyridine rings is 1. The molecule has 0 amide bonds. The van der Waals surface area contributed by atoms with Gasteiger partial charge in [0, 0.05) is 23.2 Å². The Balaban J connectivity index is 2.01. The third kappa shape index (κ3) is 1.48. The molecule has 1 aliphatic carbocycles. The number of nitrogens with zero attached hydrogens (tertiary/aromatic N) is 1. The second kappa shape index (κ2) is 3.67. The molecule has 1 heterocycles. The van der Waals surface area contributed by atoms with E-state index in [1.54, 1.807) is 6.20 Å². The van der Waals surface area contributed by atoms with Gasteiger partial charge in [0.25, 0.3) is 0 Å². The van der Waals surface area contributed by atoms with Crippen molar-refractivity contribution in [1.82, 2.24) is 4.98 Å². The molecule has 3 heteroatoms. The van der Waals surface area contributed by atoms with Crippen LogP contribution < -0.4 is 10.5 Å². The normalized spacial score (nSPS) is 16.0. The van der Waals surface area contributed by atoms with Crippen molar-refractivity contribution in [2.75, 3.05) is 5.73 Å². The van der Waals surface area contributed by atoms with Crippen molar-refractivity contribution in [3.8, 4) is 5.75 Å². The Morgan fingerprint density at radius 3 is 2.88 bits per heavy atom. The zero-order valence-electron chi connectivity index (χ0n) is 9.02. The number of fused-ring (bicyclic) bond motifs is 1. The van der Waals surface area contributed by atoms with E-state index >= 15 is 0 Å². The summed E-state index contributed by atoms with van der Waals surface area (Å²) in [6, 6.07) is 5.88. The third-order valence-corrected chi connectivity index (χ3v) is 3.17. The molecular weight excluding hydrogens is 200 g/mol. The summed E-state index contributed by atoms with van der Waals surface area (Å²) in [7, 11) is 0. The Labute approximate surface area is 94.2 Å². The van der Waals surface area contributed by atoms with Gasteiger partial charge in [0.05, 0.1) is 11.8 Å². The first-order valence-corrected chi connectivity index (χ1v) is 5.63. The standard InChI is InChI=1S/C13H14N2O/c14-13-11-6-7-15-8-9(11)4-5-12(13)16-10-2-1-3-10/h4-8,10H,1-3,14H2. The van der Waals surface area contributed by atoms with Crippen LogP contribution in [0.15, 0.2) is 30.6 Å². The molecule has 0 saturated heterocycles. The third-order valence-electron chi connectivity index (χ3n) is 3.17. The lowest BCUT2D eigenvalue weighted by Crippen LogP contribution is -2.24. The van der Waals surface area contributed by atoms with Gasteiger partial charge in [-0.25, -0.2) is 0 Å². The average Bonchev–Trinajstić information content (AvgIpc) is 2.26. The van der Waals surface area contributed by atoms with Crippen LogP contribution in [-0.4, -0.2) is 11.1 Å². The highest BCUT2D eigenvalue weighted by atomic mass is 16.5. The molecule has 1 aromatic heterocycles. The Hall–Kier alpha value is -1.77. The summed E-state index contributed by atoms with van der Waals surface area (Å²) >= 11 is 0. The molecule has 0 unspecified atom stereocenters. The summed E-state index contributed by atoms with van der Waals surface area (Å²) in [5, 5.41) is 2.08. The first-order chi connectivity index (χ1) is 7.84. The van der Waals surface area contributed by atoms with E-state index in [-0.39, 0.29) is 0 Å². The fraction of sp³-hybridized carbons (Fsp3) is 0.308. The second-order valence-electron chi connectivity index (χ2n) is 4.24. The van der Waals surface area contributed by atoms with Crippen LogP contribution in [0.4, 0.5) is 5.69 Å². The Morgan fingerprint density at radius 1 is 1.25 bits per heavy atom. The second-order valence-corrected chi connectivity index (χ2v) is 4.24. The van der Waals surface area contributed by atoms with E-state index in [1.807, 2.05) is 24.4 Å². The smallest absolute Gasteiger partial charge is 0.143 e. The molecule has 3 nitrogen and oxygen atoms in total. The monoisotopic (exact) mass is 214 g/mol. The van der Waals surface area contributed by atoms with E-state index in [0.29, 0.717) is 6.10 Å². The topological polar surface area (TPSA) is 48.1 Å². The number of rotatable bonds is 2. The summed E-state index contributed by atoms with van der Waals surface area (Å²) in [6.45, 7) is 0. The Kier molecular flexibility index (Phi) is 2.17. The lowest BCUT2D eigenvalue weighted by atomic mass is 9.96. The summed E-state index contributed by atoms with van der Waals surface area (Å²) in [4.78, 5) is 4.08. The molecule has 1 aromatic carbocycles. The van der Waals surface area contributed by atoms with Crippen LogP contribution in [0.3, 0.4) is 0 Å². The maximum atomic E-state index is 6.09. The van der Waals surface area contributed by atoms with Crippen molar-refractivity contribution in [1.29, 1.82) is 0 Å². The molecule has 0 radical (unpaired) electrons. The number of nitrogens with two attached hydrogens (primary N) is 1. The van der Waals surface area contributed by atoms with Gasteiger partial charge in [0.2, 0.25) is 0 Å². The largest absolute Gasteiger partial charge is 0.488 e. The summed E-state index contributed by atoms with van der Waals surface area (Å²) < 4.78 is 5.84. The van der Waals surface area contributed by atoms with Crippen molar-refractivity contribution in [3.63, 3.8) is 0 Å². The summed E-state index contributed by atoms with van der Waals surface area (Å²) in [5.41, 5.74) is 6.82. The van der Waals surface area contributed by atoms with E-state index in [0.717, 1.165) is 35.1 Å². The molecule has 0 spiro atoms. The van der Waals surface area contributed by atoms with Crippen LogP contribution in [0, 0.1) is 0 Å². The highest BCUT2D eigenvalue weighted by Crippen LogP contribution is 2.33. The van der Waals surface area contributed by atoms with Crippen molar-refractivity contribution in [2.45, 2.75) is 25.4 Å². The van der Waals surface area contributed by atoms with Crippen LogP contribution in [0.25, 0.3) is 10.8 Å². The van der Waals surface area contributed by atoms with Crippen LogP contribution in [0.5, 0.6) is 5.75 Å². The Bertz CT molecular complexity index is 520. The average molecular weight is 214 g/mol.